The Kier molecular flexibility index (Phi) is 4.77. The highest BCUT2D eigenvalue weighted by Crippen LogP contribution is 2.39. The van der Waals surface area contributed by atoms with Crippen molar-refractivity contribution in [2.75, 3.05) is 20.8 Å². The minimum Gasteiger partial charge on any atom is -0.497 e. The van der Waals surface area contributed by atoms with Crippen LogP contribution in [0, 0.1) is 0 Å². The van der Waals surface area contributed by atoms with Gasteiger partial charge in [-0.15, -0.1) is 0 Å². The maximum atomic E-state index is 13.2. The number of benzene rings is 2. The maximum absolute atomic E-state index is 13.2. The van der Waals surface area contributed by atoms with Crippen LogP contribution in [0.2, 0.25) is 0 Å². The highest BCUT2D eigenvalue weighted by Gasteiger charge is 2.34. The summed E-state index contributed by atoms with van der Waals surface area (Å²) in [6.45, 7) is 0.592. The lowest BCUT2D eigenvalue weighted by molar-refractivity contribution is 0.0702. The summed E-state index contributed by atoms with van der Waals surface area (Å²) in [5.41, 5.74) is 1.11. The predicted octanol–water partition coefficient (Wildman–Crippen LogP) is 3.79. The molecule has 1 aliphatic rings. The zero-order chi connectivity index (χ0) is 19.7. The van der Waals surface area contributed by atoms with Crippen LogP contribution < -0.4 is 14.9 Å². The number of carbonyl (C=O) groups excluding carboxylic acids is 1. The lowest BCUT2D eigenvalue weighted by atomic mass is 10.0. The van der Waals surface area contributed by atoms with Crippen LogP contribution in [0.25, 0.3) is 11.0 Å². The number of likely N-dealkylation sites (tertiary alicyclic amines) is 1. The van der Waals surface area contributed by atoms with Gasteiger partial charge < -0.3 is 18.8 Å². The molecule has 0 aliphatic carbocycles. The summed E-state index contributed by atoms with van der Waals surface area (Å²) in [7, 11) is 3.20. The van der Waals surface area contributed by atoms with Crippen LogP contribution in [0.5, 0.6) is 11.5 Å². The standard InChI is InChI=1S/C22H21NO5/c1-26-14-9-10-15(20(12-14)27-2)17-7-5-11-23(17)22(25)21-13-18(24)16-6-3-4-8-19(16)28-21/h3-4,6,8-10,12-13,17H,5,7,11H2,1-2H3. The van der Waals surface area contributed by atoms with E-state index in [0.29, 0.717) is 29.0 Å². The van der Waals surface area contributed by atoms with Gasteiger partial charge in [0.1, 0.15) is 17.1 Å². The zero-order valence-corrected chi connectivity index (χ0v) is 15.8. The average Bonchev–Trinajstić information content (AvgIpc) is 3.22. The second-order valence-corrected chi connectivity index (χ2v) is 6.74. The first-order valence-electron chi connectivity index (χ1n) is 9.18. The van der Waals surface area contributed by atoms with Gasteiger partial charge in [0, 0.05) is 24.2 Å². The van der Waals surface area contributed by atoms with E-state index in [1.54, 1.807) is 43.4 Å². The van der Waals surface area contributed by atoms with E-state index in [9.17, 15) is 9.59 Å². The van der Waals surface area contributed by atoms with E-state index in [2.05, 4.69) is 0 Å². The van der Waals surface area contributed by atoms with E-state index < -0.39 is 0 Å². The summed E-state index contributed by atoms with van der Waals surface area (Å²) in [5.74, 6) is 1.13. The second-order valence-electron chi connectivity index (χ2n) is 6.74. The summed E-state index contributed by atoms with van der Waals surface area (Å²) in [6.07, 6.45) is 1.68. The quantitative estimate of drug-likeness (QED) is 0.690. The topological polar surface area (TPSA) is 69.0 Å². The van der Waals surface area contributed by atoms with Gasteiger partial charge in [0.25, 0.3) is 5.91 Å². The number of ether oxygens (including phenoxy) is 2. The van der Waals surface area contributed by atoms with Gasteiger partial charge in [0.15, 0.2) is 11.2 Å². The third kappa shape index (κ3) is 3.11. The van der Waals surface area contributed by atoms with Crippen molar-refractivity contribution in [2.24, 2.45) is 0 Å². The van der Waals surface area contributed by atoms with Crippen LogP contribution in [-0.4, -0.2) is 31.6 Å². The van der Waals surface area contributed by atoms with Crippen LogP contribution >= 0.6 is 0 Å². The van der Waals surface area contributed by atoms with E-state index in [4.69, 9.17) is 13.9 Å². The third-order valence-corrected chi connectivity index (χ3v) is 5.16. The minimum absolute atomic E-state index is 0.0584. The number of carbonyl (C=O) groups is 1. The lowest BCUT2D eigenvalue weighted by Gasteiger charge is -2.26. The first-order valence-corrected chi connectivity index (χ1v) is 9.18. The molecule has 1 aromatic heterocycles. The highest BCUT2D eigenvalue weighted by molar-refractivity contribution is 5.93. The Morgan fingerprint density at radius 3 is 2.71 bits per heavy atom. The summed E-state index contributed by atoms with van der Waals surface area (Å²) in [6, 6.07) is 13.7. The van der Waals surface area contributed by atoms with Crippen LogP contribution in [0.3, 0.4) is 0 Å². The van der Waals surface area contributed by atoms with Gasteiger partial charge in [-0.25, -0.2) is 0 Å². The number of hydrogen-bond acceptors (Lipinski definition) is 5. The van der Waals surface area contributed by atoms with Crippen molar-refractivity contribution in [1.82, 2.24) is 4.90 Å². The molecule has 6 nitrogen and oxygen atoms in total. The number of amides is 1. The molecule has 1 atom stereocenters. The van der Waals surface area contributed by atoms with Crippen molar-refractivity contribution < 1.29 is 18.7 Å². The molecule has 144 valence electrons. The molecule has 1 unspecified atom stereocenters. The van der Waals surface area contributed by atoms with Gasteiger partial charge in [-0.1, -0.05) is 12.1 Å². The van der Waals surface area contributed by atoms with E-state index in [0.717, 1.165) is 18.4 Å². The highest BCUT2D eigenvalue weighted by atomic mass is 16.5. The smallest absolute Gasteiger partial charge is 0.290 e. The molecule has 3 aromatic rings. The summed E-state index contributed by atoms with van der Waals surface area (Å²) in [5, 5.41) is 0.467. The van der Waals surface area contributed by atoms with Crippen LogP contribution in [0.15, 0.2) is 57.7 Å². The Hall–Kier alpha value is -3.28. The minimum atomic E-state index is -0.289. The number of para-hydroxylation sites is 1. The number of rotatable bonds is 4. The van der Waals surface area contributed by atoms with Crippen molar-refractivity contribution in [3.63, 3.8) is 0 Å². The van der Waals surface area contributed by atoms with E-state index in [1.807, 2.05) is 18.2 Å². The summed E-state index contributed by atoms with van der Waals surface area (Å²) in [4.78, 5) is 27.3. The van der Waals surface area contributed by atoms with Gasteiger partial charge in [0.05, 0.1) is 25.6 Å². The third-order valence-electron chi connectivity index (χ3n) is 5.16. The van der Waals surface area contributed by atoms with Gasteiger partial charge in [-0.05, 0) is 37.1 Å². The Morgan fingerprint density at radius 2 is 1.93 bits per heavy atom. The Bertz CT molecular complexity index is 1090. The number of hydrogen-bond donors (Lipinski definition) is 0. The number of nitrogens with zero attached hydrogens (tertiary/aromatic N) is 1. The number of methoxy groups -OCH3 is 2. The van der Waals surface area contributed by atoms with Gasteiger partial charge in [-0.3, -0.25) is 9.59 Å². The zero-order valence-electron chi connectivity index (χ0n) is 15.8. The summed E-state index contributed by atoms with van der Waals surface area (Å²) >= 11 is 0. The number of fused-ring (bicyclic) bond motifs is 1. The van der Waals surface area contributed by atoms with Gasteiger partial charge in [0.2, 0.25) is 0 Å². The molecule has 6 heteroatoms. The van der Waals surface area contributed by atoms with E-state index in [1.165, 1.54) is 6.07 Å². The van der Waals surface area contributed by atoms with Crippen molar-refractivity contribution in [2.45, 2.75) is 18.9 Å². The van der Waals surface area contributed by atoms with Crippen molar-refractivity contribution >= 4 is 16.9 Å². The second kappa shape index (κ2) is 7.38. The molecule has 2 aromatic carbocycles. The fourth-order valence-electron chi connectivity index (χ4n) is 3.78. The largest absolute Gasteiger partial charge is 0.497 e. The first kappa shape index (κ1) is 18.1. The molecule has 0 bridgehead atoms. The molecule has 0 radical (unpaired) electrons. The Morgan fingerprint density at radius 1 is 1.11 bits per heavy atom. The van der Waals surface area contributed by atoms with Crippen molar-refractivity contribution in [1.29, 1.82) is 0 Å². The SMILES string of the molecule is COc1ccc(C2CCCN2C(=O)c2cc(=O)c3ccccc3o2)c(OC)c1. The Labute approximate surface area is 162 Å². The predicted molar refractivity (Wildman–Crippen MR) is 105 cm³/mol. The molecule has 4 rings (SSSR count). The van der Waals surface area contributed by atoms with E-state index >= 15 is 0 Å². The molecule has 28 heavy (non-hydrogen) atoms. The normalized spacial score (nSPS) is 16.4. The lowest BCUT2D eigenvalue weighted by Crippen LogP contribution is -2.31. The van der Waals surface area contributed by atoms with Crippen LogP contribution in [-0.2, 0) is 0 Å². The molecule has 1 aliphatic heterocycles. The molecule has 0 saturated carbocycles. The molecule has 0 spiro atoms. The van der Waals surface area contributed by atoms with Crippen molar-refractivity contribution in [3.05, 3.63) is 70.1 Å². The first-order chi connectivity index (χ1) is 13.6. The van der Waals surface area contributed by atoms with E-state index in [-0.39, 0.29) is 23.1 Å². The fraction of sp³-hybridized carbons (Fsp3) is 0.273. The molecular weight excluding hydrogens is 358 g/mol. The maximum Gasteiger partial charge on any atom is 0.290 e. The summed E-state index contributed by atoms with van der Waals surface area (Å²) < 4.78 is 16.5. The monoisotopic (exact) mass is 379 g/mol. The van der Waals surface area contributed by atoms with Gasteiger partial charge >= 0.3 is 0 Å². The molecule has 0 N–H and O–H groups in total. The van der Waals surface area contributed by atoms with Crippen molar-refractivity contribution in [3.8, 4) is 11.5 Å². The molecule has 2 heterocycles. The molecule has 1 saturated heterocycles. The fourth-order valence-corrected chi connectivity index (χ4v) is 3.78. The molecular formula is C22H21NO5. The average molecular weight is 379 g/mol. The Balaban J connectivity index is 1.71. The molecule has 1 amide bonds. The van der Waals surface area contributed by atoms with Crippen LogP contribution in [0.1, 0.15) is 35.0 Å². The van der Waals surface area contributed by atoms with Crippen LogP contribution in [0.4, 0.5) is 0 Å². The molecule has 1 fully saturated rings. The van der Waals surface area contributed by atoms with Gasteiger partial charge in [-0.2, -0.15) is 0 Å².